The van der Waals surface area contributed by atoms with Crippen LogP contribution in [0.25, 0.3) is 0 Å². The van der Waals surface area contributed by atoms with Gasteiger partial charge in [-0.2, -0.15) is 8.42 Å². The van der Waals surface area contributed by atoms with Crippen LogP contribution in [-0.2, 0) is 14.9 Å². The molecule has 1 aromatic rings. The Kier molecular flexibility index (Phi) is 3.21. The lowest BCUT2D eigenvalue weighted by atomic mass is 9.89. The standard InChI is InChI=1S/C11H16O3S/c1-9(2)11(3,15(12,13)14)10-7-5-4-6-8-10/h4-9H,1-3H3,(H,12,13,14). The van der Waals surface area contributed by atoms with Crippen LogP contribution < -0.4 is 0 Å². The van der Waals surface area contributed by atoms with Crippen molar-refractivity contribution in [2.24, 2.45) is 5.92 Å². The first kappa shape index (κ1) is 12.2. The van der Waals surface area contributed by atoms with E-state index in [0.717, 1.165) is 0 Å². The summed E-state index contributed by atoms with van der Waals surface area (Å²) in [6.45, 7) is 5.10. The fourth-order valence-corrected chi connectivity index (χ4v) is 2.58. The van der Waals surface area contributed by atoms with E-state index < -0.39 is 14.9 Å². The van der Waals surface area contributed by atoms with Gasteiger partial charge in [-0.3, -0.25) is 4.55 Å². The molecule has 0 aliphatic rings. The van der Waals surface area contributed by atoms with Crippen LogP contribution in [0.2, 0.25) is 0 Å². The van der Waals surface area contributed by atoms with Crippen molar-refractivity contribution in [3.8, 4) is 0 Å². The summed E-state index contributed by atoms with van der Waals surface area (Å²) in [5.74, 6) is -0.199. The Morgan fingerprint density at radius 3 is 2.00 bits per heavy atom. The Morgan fingerprint density at radius 1 is 1.20 bits per heavy atom. The molecule has 1 atom stereocenters. The van der Waals surface area contributed by atoms with E-state index in [0.29, 0.717) is 5.56 Å². The SMILES string of the molecule is CC(C)C(C)(c1ccccc1)S(=O)(=O)O. The van der Waals surface area contributed by atoms with Crippen molar-refractivity contribution in [1.82, 2.24) is 0 Å². The maximum absolute atomic E-state index is 11.5. The fourth-order valence-electron chi connectivity index (χ4n) is 1.55. The van der Waals surface area contributed by atoms with Gasteiger partial charge in [0.15, 0.2) is 0 Å². The number of rotatable bonds is 3. The van der Waals surface area contributed by atoms with E-state index in [1.165, 1.54) is 0 Å². The van der Waals surface area contributed by atoms with Crippen LogP contribution in [0.1, 0.15) is 26.3 Å². The molecule has 1 unspecified atom stereocenters. The van der Waals surface area contributed by atoms with E-state index in [2.05, 4.69) is 0 Å². The molecule has 0 aromatic heterocycles. The molecule has 0 spiro atoms. The Morgan fingerprint density at radius 2 is 1.67 bits per heavy atom. The Labute approximate surface area is 90.9 Å². The highest BCUT2D eigenvalue weighted by molar-refractivity contribution is 7.86. The summed E-state index contributed by atoms with van der Waals surface area (Å²) in [6.07, 6.45) is 0. The third-order valence-corrected chi connectivity index (χ3v) is 4.76. The lowest BCUT2D eigenvalue weighted by Gasteiger charge is -2.30. The normalized spacial score (nSPS) is 16.3. The molecule has 0 bridgehead atoms. The lowest BCUT2D eigenvalue weighted by Crippen LogP contribution is -2.37. The summed E-state index contributed by atoms with van der Waals surface area (Å²) in [4.78, 5) is 0. The van der Waals surface area contributed by atoms with Crippen molar-refractivity contribution >= 4 is 10.1 Å². The molecule has 0 aliphatic heterocycles. The third kappa shape index (κ3) is 2.06. The smallest absolute Gasteiger partial charge is 0.274 e. The largest absolute Gasteiger partial charge is 0.285 e. The molecule has 0 fully saturated rings. The molecule has 3 nitrogen and oxygen atoms in total. The zero-order valence-corrected chi connectivity index (χ0v) is 9.95. The summed E-state index contributed by atoms with van der Waals surface area (Å²) in [6, 6.07) is 8.78. The average molecular weight is 228 g/mol. The zero-order valence-electron chi connectivity index (χ0n) is 9.14. The molecule has 4 heteroatoms. The van der Waals surface area contributed by atoms with Crippen LogP contribution in [0.15, 0.2) is 30.3 Å². The summed E-state index contributed by atoms with van der Waals surface area (Å²) in [7, 11) is -4.12. The van der Waals surface area contributed by atoms with Gasteiger partial charge < -0.3 is 0 Å². The first-order valence-electron chi connectivity index (χ1n) is 4.82. The molecule has 0 saturated heterocycles. The van der Waals surface area contributed by atoms with Crippen LogP contribution in [-0.4, -0.2) is 13.0 Å². The predicted octanol–water partition coefficient (Wildman–Crippen LogP) is 2.45. The molecule has 1 aromatic carbocycles. The van der Waals surface area contributed by atoms with Crippen LogP contribution in [0, 0.1) is 5.92 Å². The molecule has 0 amide bonds. The zero-order chi connectivity index (χ0) is 11.7. The second-order valence-corrected chi connectivity index (χ2v) is 5.90. The van der Waals surface area contributed by atoms with E-state index >= 15 is 0 Å². The van der Waals surface area contributed by atoms with Gasteiger partial charge in [-0.15, -0.1) is 0 Å². The summed E-state index contributed by atoms with van der Waals surface area (Å²) in [5, 5.41) is 0. The highest BCUT2D eigenvalue weighted by Crippen LogP contribution is 2.36. The maximum Gasteiger partial charge on any atom is 0.274 e. The van der Waals surface area contributed by atoms with Gasteiger partial charge in [-0.05, 0) is 18.4 Å². The average Bonchev–Trinajstić information content (AvgIpc) is 2.16. The van der Waals surface area contributed by atoms with E-state index in [4.69, 9.17) is 0 Å². The molecule has 0 heterocycles. The van der Waals surface area contributed by atoms with Gasteiger partial charge in [0.25, 0.3) is 10.1 Å². The van der Waals surface area contributed by atoms with Crippen LogP contribution >= 0.6 is 0 Å². The van der Waals surface area contributed by atoms with Crippen LogP contribution in [0.5, 0.6) is 0 Å². The first-order chi connectivity index (χ1) is 6.80. The predicted molar refractivity (Wildman–Crippen MR) is 60.2 cm³/mol. The van der Waals surface area contributed by atoms with E-state index in [1.807, 2.05) is 6.07 Å². The third-order valence-electron chi connectivity index (χ3n) is 2.98. The molecule has 0 aliphatic carbocycles. The van der Waals surface area contributed by atoms with Gasteiger partial charge in [0, 0.05) is 0 Å². The van der Waals surface area contributed by atoms with Crippen molar-refractivity contribution in [3.63, 3.8) is 0 Å². The van der Waals surface area contributed by atoms with Crippen molar-refractivity contribution < 1.29 is 13.0 Å². The van der Waals surface area contributed by atoms with Gasteiger partial charge in [0.05, 0.1) is 0 Å². The van der Waals surface area contributed by atoms with Gasteiger partial charge in [0.1, 0.15) is 4.75 Å². The number of hydrogen-bond donors (Lipinski definition) is 1. The Hall–Kier alpha value is -0.870. The Balaban J connectivity index is 3.39. The molecule has 0 radical (unpaired) electrons. The molecule has 1 rings (SSSR count). The van der Waals surface area contributed by atoms with Crippen LogP contribution in [0.3, 0.4) is 0 Å². The highest BCUT2D eigenvalue weighted by atomic mass is 32.2. The lowest BCUT2D eigenvalue weighted by molar-refractivity contribution is 0.381. The second-order valence-electron chi connectivity index (χ2n) is 4.10. The van der Waals surface area contributed by atoms with E-state index in [1.54, 1.807) is 45.0 Å². The summed E-state index contributed by atoms with van der Waals surface area (Å²) >= 11 is 0. The van der Waals surface area contributed by atoms with Crippen molar-refractivity contribution in [3.05, 3.63) is 35.9 Å². The molecule has 0 saturated carbocycles. The minimum atomic E-state index is -4.12. The number of benzene rings is 1. The minimum absolute atomic E-state index is 0.199. The first-order valence-corrected chi connectivity index (χ1v) is 6.26. The van der Waals surface area contributed by atoms with Gasteiger partial charge in [-0.25, -0.2) is 0 Å². The number of hydrogen-bond acceptors (Lipinski definition) is 2. The molecular formula is C11H16O3S. The van der Waals surface area contributed by atoms with Crippen molar-refractivity contribution in [2.75, 3.05) is 0 Å². The maximum atomic E-state index is 11.5. The summed E-state index contributed by atoms with van der Waals surface area (Å²) in [5.41, 5.74) is 0.613. The monoisotopic (exact) mass is 228 g/mol. The molecule has 15 heavy (non-hydrogen) atoms. The van der Waals surface area contributed by atoms with Crippen molar-refractivity contribution in [2.45, 2.75) is 25.5 Å². The molecule has 1 N–H and O–H groups in total. The topological polar surface area (TPSA) is 54.4 Å². The fraction of sp³-hybridized carbons (Fsp3) is 0.455. The van der Waals surface area contributed by atoms with E-state index in [-0.39, 0.29) is 5.92 Å². The van der Waals surface area contributed by atoms with E-state index in [9.17, 15) is 13.0 Å². The molecule has 84 valence electrons. The summed E-state index contributed by atoms with van der Waals surface area (Å²) < 4.78 is 31.0. The van der Waals surface area contributed by atoms with Gasteiger partial charge >= 0.3 is 0 Å². The van der Waals surface area contributed by atoms with Crippen molar-refractivity contribution in [1.29, 1.82) is 0 Å². The Bertz CT molecular complexity index is 422. The highest BCUT2D eigenvalue weighted by Gasteiger charge is 2.42. The van der Waals surface area contributed by atoms with Gasteiger partial charge in [0.2, 0.25) is 0 Å². The van der Waals surface area contributed by atoms with Crippen LogP contribution in [0.4, 0.5) is 0 Å². The second kappa shape index (κ2) is 3.94. The van der Waals surface area contributed by atoms with Gasteiger partial charge in [-0.1, -0.05) is 44.2 Å². The quantitative estimate of drug-likeness (QED) is 0.808. The molecular weight excluding hydrogens is 212 g/mol. The minimum Gasteiger partial charge on any atom is -0.285 e.